The van der Waals surface area contributed by atoms with Crippen molar-refractivity contribution in [1.29, 1.82) is 0 Å². The van der Waals surface area contributed by atoms with Crippen LogP contribution in [0.15, 0.2) is 62.8 Å². The highest BCUT2D eigenvalue weighted by atomic mass is 32.2. The number of halogens is 3. The second-order valence-corrected chi connectivity index (χ2v) is 7.82. The predicted molar refractivity (Wildman–Crippen MR) is 110 cm³/mol. The van der Waals surface area contributed by atoms with E-state index in [0.29, 0.717) is 12.0 Å². The Bertz CT molecular complexity index is 1050. The van der Waals surface area contributed by atoms with E-state index in [1.165, 1.54) is 24.5 Å². The summed E-state index contributed by atoms with van der Waals surface area (Å²) in [6, 6.07) is 10.4. The molecule has 0 spiro atoms. The van der Waals surface area contributed by atoms with Crippen molar-refractivity contribution in [1.82, 2.24) is 0 Å². The first-order chi connectivity index (χ1) is 14.4. The van der Waals surface area contributed by atoms with Crippen LogP contribution in [0.4, 0.5) is 13.2 Å². The predicted octanol–water partition coefficient (Wildman–Crippen LogP) is 5.65. The van der Waals surface area contributed by atoms with Gasteiger partial charge in [-0.25, -0.2) is 0 Å². The van der Waals surface area contributed by atoms with Crippen LogP contribution in [0.2, 0.25) is 0 Å². The lowest BCUT2D eigenvalue weighted by Crippen LogP contribution is -2.09. The molecule has 0 unspecified atom stereocenters. The highest BCUT2D eigenvalue weighted by Gasteiger charge is 2.30. The highest BCUT2D eigenvalue weighted by molar-refractivity contribution is 7.99. The fourth-order valence-electron chi connectivity index (χ4n) is 2.93. The van der Waals surface area contributed by atoms with Gasteiger partial charge in [-0.3, -0.25) is 4.79 Å². The zero-order valence-corrected chi connectivity index (χ0v) is 16.9. The maximum Gasteiger partial charge on any atom is 0.416 e. The second-order valence-electron chi connectivity index (χ2n) is 6.68. The molecule has 3 rings (SSSR count). The minimum atomic E-state index is -4.35. The fourth-order valence-corrected chi connectivity index (χ4v) is 4.01. The highest BCUT2D eigenvalue weighted by Crippen LogP contribution is 2.34. The van der Waals surface area contributed by atoms with Crippen molar-refractivity contribution in [3.63, 3.8) is 0 Å². The first-order valence-corrected chi connectivity index (χ1v) is 10.4. The van der Waals surface area contributed by atoms with E-state index >= 15 is 0 Å². The Morgan fingerprint density at radius 2 is 1.90 bits per heavy atom. The molecule has 1 N–H and O–H groups in total. The number of ether oxygens (including phenoxy) is 1. The third-order valence-corrected chi connectivity index (χ3v) is 5.64. The summed E-state index contributed by atoms with van der Waals surface area (Å²) < 4.78 is 49.1. The number of benzene rings is 2. The third kappa shape index (κ3) is 5.79. The average Bonchev–Trinajstić information content (AvgIpc) is 2.73. The first kappa shape index (κ1) is 22.2. The Kier molecular flexibility index (Phi) is 7.44. The third-order valence-electron chi connectivity index (χ3n) is 4.48. The van der Waals surface area contributed by atoms with Crippen LogP contribution in [0.25, 0.3) is 10.8 Å². The summed E-state index contributed by atoms with van der Waals surface area (Å²) >= 11 is 1.61. The molecule has 0 radical (unpaired) electrons. The van der Waals surface area contributed by atoms with Gasteiger partial charge in [-0.1, -0.05) is 18.2 Å². The quantitative estimate of drug-likeness (QED) is 0.346. The van der Waals surface area contributed by atoms with Crippen molar-refractivity contribution in [2.45, 2.75) is 36.9 Å². The van der Waals surface area contributed by atoms with Gasteiger partial charge in [0.2, 0.25) is 11.2 Å². The molecule has 0 saturated heterocycles. The molecular weight excluding hydrogens is 417 g/mol. The minimum Gasteiger partial charge on any atom is -0.487 e. The molecule has 160 valence electrons. The molecule has 2 aromatic carbocycles. The van der Waals surface area contributed by atoms with Crippen LogP contribution in [0.5, 0.6) is 5.75 Å². The minimum absolute atomic E-state index is 0.121. The zero-order valence-electron chi connectivity index (χ0n) is 16.1. The number of thioether (sulfide) groups is 1. The summed E-state index contributed by atoms with van der Waals surface area (Å²) in [6.07, 6.45) is -0.596. The van der Waals surface area contributed by atoms with E-state index < -0.39 is 11.7 Å². The number of hydrogen-bond acceptors (Lipinski definition) is 5. The van der Waals surface area contributed by atoms with Crippen LogP contribution in [0, 0.1) is 0 Å². The molecule has 0 fully saturated rings. The molecule has 0 amide bonds. The summed E-state index contributed by atoms with van der Waals surface area (Å²) in [5, 5.41) is 10.3. The molecule has 0 saturated carbocycles. The van der Waals surface area contributed by atoms with E-state index in [4.69, 9.17) is 14.3 Å². The Morgan fingerprint density at radius 1 is 1.07 bits per heavy atom. The maximum atomic E-state index is 12.9. The fraction of sp³-hybridized carbons (Fsp3) is 0.318. The Labute approximate surface area is 175 Å². The van der Waals surface area contributed by atoms with Gasteiger partial charge in [0.15, 0.2) is 0 Å². The molecule has 0 aliphatic rings. The van der Waals surface area contributed by atoms with Gasteiger partial charge in [-0.2, -0.15) is 13.2 Å². The van der Waals surface area contributed by atoms with Crippen LogP contribution < -0.4 is 10.2 Å². The summed E-state index contributed by atoms with van der Waals surface area (Å²) in [5.41, 5.74) is -0.970. The van der Waals surface area contributed by atoms with Gasteiger partial charge in [0.25, 0.3) is 0 Å². The Hall–Kier alpha value is -2.45. The van der Waals surface area contributed by atoms with Crippen molar-refractivity contribution in [3.8, 4) is 5.75 Å². The van der Waals surface area contributed by atoms with Crippen molar-refractivity contribution in [3.05, 3.63) is 70.3 Å². The number of rotatable bonds is 9. The van der Waals surface area contributed by atoms with Gasteiger partial charge in [-0.05, 0) is 54.0 Å². The number of alkyl halides is 3. The standard InChI is InChI=1S/C22H21F3O4S/c23-22(24,25)16-7-8-18-15(11-16)5-4-6-21(18)30-10-3-1-2-9-28-20-14-29-17(13-26)12-19(20)27/h4-8,11-12,14,26H,1-3,9-10,13H2. The Balaban J connectivity index is 1.44. The zero-order chi connectivity index (χ0) is 21.6. The van der Waals surface area contributed by atoms with E-state index in [1.807, 2.05) is 6.07 Å². The van der Waals surface area contributed by atoms with Crippen molar-refractivity contribution < 1.29 is 27.4 Å². The largest absolute Gasteiger partial charge is 0.487 e. The molecule has 3 aromatic rings. The lowest BCUT2D eigenvalue weighted by atomic mass is 10.1. The molecular formula is C22H21F3O4S. The molecule has 30 heavy (non-hydrogen) atoms. The maximum absolute atomic E-state index is 12.9. The molecule has 4 nitrogen and oxygen atoms in total. The summed E-state index contributed by atoms with van der Waals surface area (Å²) in [6.45, 7) is 0.0375. The van der Waals surface area contributed by atoms with E-state index in [0.717, 1.165) is 41.4 Å². The van der Waals surface area contributed by atoms with Crippen molar-refractivity contribution in [2.24, 2.45) is 0 Å². The number of aliphatic hydroxyl groups is 1. The molecule has 0 bridgehead atoms. The summed E-state index contributed by atoms with van der Waals surface area (Å²) in [5.74, 6) is 1.14. The summed E-state index contributed by atoms with van der Waals surface area (Å²) in [4.78, 5) is 12.7. The monoisotopic (exact) mass is 438 g/mol. The lowest BCUT2D eigenvalue weighted by Gasteiger charge is -2.10. The van der Waals surface area contributed by atoms with Gasteiger partial charge < -0.3 is 14.3 Å². The summed E-state index contributed by atoms with van der Waals surface area (Å²) in [7, 11) is 0. The van der Waals surface area contributed by atoms with Crippen LogP contribution in [0.3, 0.4) is 0 Å². The number of fused-ring (bicyclic) bond motifs is 1. The molecule has 1 aromatic heterocycles. The van der Waals surface area contributed by atoms with Gasteiger partial charge in [0.1, 0.15) is 18.6 Å². The van der Waals surface area contributed by atoms with E-state index in [1.54, 1.807) is 23.9 Å². The van der Waals surface area contributed by atoms with Gasteiger partial charge in [-0.15, -0.1) is 11.8 Å². The van der Waals surface area contributed by atoms with Gasteiger partial charge in [0, 0.05) is 11.0 Å². The van der Waals surface area contributed by atoms with Crippen molar-refractivity contribution in [2.75, 3.05) is 12.4 Å². The van der Waals surface area contributed by atoms with Crippen molar-refractivity contribution >= 4 is 22.5 Å². The first-order valence-electron chi connectivity index (χ1n) is 9.46. The van der Waals surface area contributed by atoms with Gasteiger partial charge >= 0.3 is 6.18 Å². The molecule has 0 aliphatic heterocycles. The number of aliphatic hydroxyl groups excluding tert-OH is 1. The Morgan fingerprint density at radius 3 is 2.63 bits per heavy atom. The van der Waals surface area contributed by atoms with E-state index in [9.17, 15) is 18.0 Å². The van der Waals surface area contributed by atoms with Crippen LogP contribution in [-0.2, 0) is 12.8 Å². The molecule has 0 atom stereocenters. The van der Waals surface area contributed by atoms with Crippen LogP contribution in [0.1, 0.15) is 30.6 Å². The molecule has 1 heterocycles. The normalized spacial score (nSPS) is 11.7. The topological polar surface area (TPSA) is 59.7 Å². The van der Waals surface area contributed by atoms with Crippen LogP contribution >= 0.6 is 11.8 Å². The van der Waals surface area contributed by atoms with Crippen LogP contribution in [-0.4, -0.2) is 17.5 Å². The van der Waals surface area contributed by atoms with Gasteiger partial charge in [0.05, 0.1) is 12.2 Å². The average molecular weight is 438 g/mol. The van der Waals surface area contributed by atoms with E-state index in [2.05, 4.69) is 0 Å². The number of unbranched alkanes of at least 4 members (excludes halogenated alkanes) is 2. The van der Waals surface area contributed by atoms with E-state index in [-0.39, 0.29) is 23.5 Å². The molecule has 8 heteroatoms. The number of hydrogen-bond donors (Lipinski definition) is 1. The SMILES string of the molecule is O=c1cc(CO)occ1OCCCCCSc1cccc2cc(C(F)(F)F)ccc12. The smallest absolute Gasteiger partial charge is 0.416 e. The lowest BCUT2D eigenvalue weighted by molar-refractivity contribution is -0.137. The molecule has 0 aliphatic carbocycles. The second kappa shape index (κ2) is 10.0.